The number of halogens is 4. The lowest BCUT2D eigenvalue weighted by molar-refractivity contribution is 0.235. The molecule has 0 N–H and O–H groups in total. The molecule has 0 atom stereocenters. The molecule has 1 aromatic rings. The molecule has 0 radical (unpaired) electrons. The molecule has 78 valence electrons. The van der Waals surface area contributed by atoms with Crippen LogP contribution in [0, 0.1) is 0 Å². The van der Waals surface area contributed by atoms with Gasteiger partial charge in [0, 0.05) is 0 Å². The van der Waals surface area contributed by atoms with Crippen molar-refractivity contribution in [3.05, 3.63) is 28.2 Å². The first-order chi connectivity index (χ1) is 6.37. The van der Waals surface area contributed by atoms with Crippen molar-refractivity contribution in [2.45, 2.75) is 10.7 Å². The Morgan fingerprint density at radius 2 is 1.57 bits per heavy atom. The summed E-state index contributed by atoms with van der Waals surface area (Å²) >= 11 is 10.9. The lowest BCUT2D eigenvalue weighted by atomic mass is 10.4. The molecule has 0 aliphatic carbocycles. The molecule has 0 aliphatic heterocycles. The standard InChI is InChI=1S/C7H4Cl2F2O2S/c8-4-2-1-3-5(9)6(4)14(12,13)7(10)11/h1-3,7H. The summed E-state index contributed by atoms with van der Waals surface area (Å²) in [4.78, 5) is -0.724. The number of rotatable bonds is 2. The van der Waals surface area contributed by atoms with Crippen LogP contribution in [-0.4, -0.2) is 14.2 Å². The molecular formula is C7H4Cl2F2O2S. The van der Waals surface area contributed by atoms with E-state index in [2.05, 4.69) is 0 Å². The Hall–Kier alpha value is -0.390. The quantitative estimate of drug-likeness (QED) is 0.820. The Kier molecular flexibility index (Phi) is 3.34. The average Bonchev–Trinajstić information content (AvgIpc) is 2.02. The number of alkyl halides is 2. The summed E-state index contributed by atoms with van der Waals surface area (Å²) in [5, 5.41) is -0.615. The molecular weight excluding hydrogens is 257 g/mol. The summed E-state index contributed by atoms with van der Waals surface area (Å²) in [6, 6.07) is 3.74. The number of hydrogen-bond acceptors (Lipinski definition) is 2. The van der Waals surface area contributed by atoms with Gasteiger partial charge in [0.1, 0.15) is 4.90 Å². The summed E-state index contributed by atoms with van der Waals surface area (Å²) < 4.78 is 46.4. The van der Waals surface area contributed by atoms with Crippen molar-refractivity contribution in [3.8, 4) is 0 Å². The topological polar surface area (TPSA) is 34.1 Å². The highest BCUT2D eigenvalue weighted by molar-refractivity contribution is 7.92. The minimum Gasteiger partial charge on any atom is -0.218 e. The molecule has 0 unspecified atom stereocenters. The second-order valence-corrected chi connectivity index (χ2v) is 5.03. The van der Waals surface area contributed by atoms with E-state index in [1.807, 2.05) is 0 Å². The smallest absolute Gasteiger partial charge is 0.218 e. The van der Waals surface area contributed by atoms with Gasteiger partial charge in [-0.3, -0.25) is 0 Å². The Labute approximate surface area is 89.4 Å². The van der Waals surface area contributed by atoms with Gasteiger partial charge in [-0.2, -0.15) is 8.78 Å². The fourth-order valence-electron chi connectivity index (χ4n) is 0.843. The minimum atomic E-state index is -4.74. The van der Waals surface area contributed by atoms with Gasteiger partial charge in [-0.25, -0.2) is 8.42 Å². The molecule has 1 aromatic carbocycles. The number of hydrogen-bond donors (Lipinski definition) is 0. The van der Waals surface area contributed by atoms with Crippen molar-refractivity contribution in [1.82, 2.24) is 0 Å². The third kappa shape index (κ3) is 1.99. The highest BCUT2D eigenvalue weighted by atomic mass is 35.5. The first-order valence-corrected chi connectivity index (χ1v) is 5.63. The van der Waals surface area contributed by atoms with Crippen molar-refractivity contribution < 1.29 is 17.2 Å². The molecule has 1 rings (SSSR count). The highest BCUT2D eigenvalue weighted by Gasteiger charge is 2.30. The highest BCUT2D eigenvalue weighted by Crippen LogP contribution is 2.32. The van der Waals surface area contributed by atoms with Gasteiger partial charge in [-0.1, -0.05) is 29.3 Å². The van der Waals surface area contributed by atoms with E-state index in [1.165, 1.54) is 18.2 Å². The molecule has 2 nitrogen and oxygen atoms in total. The van der Waals surface area contributed by atoms with Crippen molar-refractivity contribution >= 4 is 33.0 Å². The van der Waals surface area contributed by atoms with Crippen LogP contribution in [0.2, 0.25) is 10.0 Å². The molecule has 0 heterocycles. The van der Waals surface area contributed by atoms with E-state index in [1.54, 1.807) is 0 Å². The molecule has 0 spiro atoms. The van der Waals surface area contributed by atoms with Gasteiger partial charge in [0.05, 0.1) is 10.0 Å². The van der Waals surface area contributed by atoms with Crippen molar-refractivity contribution in [3.63, 3.8) is 0 Å². The molecule has 0 fully saturated rings. The second kappa shape index (κ2) is 4.00. The van der Waals surface area contributed by atoms with E-state index in [9.17, 15) is 17.2 Å². The van der Waals surface area contributed by atoms with E-state index < -0.39 is 20.5 Å². The molecule has 7 heteroatoms. The first kappa shape index (κ1) is 11.7. The maximum absolute atomic E-state index is 12.2. The third-order valence-electron chi connectivity index (χ3n) is 1.44. The van der Waals surface area contributed by atoms with E-state index in [-0.39, 0.29) is 10.0 Å². The molecule has 0 bridgehead atoms. The van der Waals surface area contributed by atoms with Gasteiger partial charge in [-0.15, -0.1) is 0 Å². The molecule has 0 amide bonds. The maximum Gasteiger partial charge on any atom is 0.341 e. The lowest BCUT2D eigenvalue weighted by Gasteiger charge is -2.06. The second-order valence-electron chi connectivity index (χ2n) is 2.36. The summed E-state index contributed by atoms with van der Waals surface area (Å²) in [6.45, 7) is 0. The van der Waals surface area contributed by atoms with Gasteiger partial charge >= 0.3 is 5.76 Å². The van der Waals surface area contributed by atoms with Gasteiger partial charge in [0.25, 0.3) is 0 Å². The van der Waals surface area contributed by atoms with Crippen LogP contribution in [0.4, 0.5) is 8.78 Å². The van der Waals surface area contributed by atoms with Crippen molar-refractivity contribution in [1.29, 1.82) is 0 Å². The molecule has 0 aromatic heterocycles. The summed E-state index contributed by atoms with van der Waals surface area (Å²) in [5.41, 5.74) is 0. The Bertz CT molecular complexity index is 425. The zero-order valence-electron chi connectivity index (χ0n) is 6.55. The molecule has 0 saturated heterocycles. The van der Waals surface area contributed by atoms with Gasteiger partial charge in [0.15, 0.2) is 0 Å². The van der Waals surface area contributed by atoms with Crippen LogP contribution in [0.15, 0.2) is 23.1 Å². The Morgan fingerprint density at radius 3 is 1.93 bits per heavy atom. The maximum atomic E-state index is 12.2. The number of sulfone groups is 1. The van der Waals surface area contributed by atoms with Crippen LogP contribution in [0.1, 0.15) is 0 Å². The number of benzene rings is 1. The van der Waals surface area contributed by atoms with E-state index in [0.717, 1.165) is 0 Å². The van der Waals surface area contributed by atoms with E-state index in [0.29, 0.717) is 0 Å². The molecule has 0 saturated carbocycles. The zero-order valence-corrected chi connectivity index (χ0v) is 8.87. The van der Waals surface area contributed by atoms with Gasteiger partial charge < -0.3 is 0 Å². The van der Waals surface area contributed by atoms with Crippen LogP contribution >= 0.6 is 23.2 Å². The van der Waals surface area contributed by atoms with Gasteiger partial charge in [0.2, 0.25) is 9.84 Å². The Balaban J connectivity index is 3.48. The largest absolute Gasteiger partial charge is 0.341 e. The predicted octanol–water partition coefficient (Wildman–Crippen LogP) is 2.99. The van der Waals surface area contributed by atoms with Gasteiger partial charge in [-0.05, 0) is 12.1 Å². The monoisotopic (exact) mass is 260 g/mol. The molecule has 14 heavy (non-hydrogen) atoms. The van der Waals surface area contributed by atoms with Crippen LogP contribution in [0.3, 0.4) is 0 Å². The third-order valence-corrected chi connectivity index (χ3v) is 3.77. The minimum absolute atomic E-state index is 0.308. The van der Waals surface area contributed by atoms with Crippen LogP contribution in [0.5, 0.6) is 0 Å². The fraction of sp³-hybridized carbons (Fsp3) is 0.143. The van der Waals surface area contributed by atoms with Crippen molar-refractivity contribution in [2.24, 2.45) is 0 Å². The first-order valence-electron chi connectivity index (χ1n) is 3.33. The van der Waals surface area contributed by atoms with Crippen LogP contribution in [-0.2, 0) is 9.84 Å². The lowest BCUT2D eigenvalue weighted by Crippen LogP contribution is -2.12. The Morgan fingerprint density at radius 1 is 1.14 bits per heavy atom. The fourth-order valence-corrected chi connectivity index (χ4v) is 2.74. The van der Waals surface area contributed by atoms with Crippen molar-refractivity contribution in [2.75, 3.05) is 0 Å². The summed E-state index contributed by atoms with van der Waals surface area (Å²) in [6.07, 6.45) is 0. The van der Waals surface area contributed by atoms with Crippen LogP contribution in [0.25, 0.3) is 0 Å². The SMILES string of the molecule is O=S(=O)(c1c(Cl)cccc1Cl)C(F)F. The van der Waals surface area contributed by atoms with Crippen LogP contribution < -0.4 is 0 Å². The summed E-state index contributed by atoms with van der Waals surface area (Å²) in [5.74, 6) is -3.53. The van der Waals surface area contributed by atoms with E-state index in [4.69, 9.17) is 23.2 Å². The zero-order chi connectivity index (χ0) is 10.9. The predicted molar refractivity (Wildman–Crippen MR) is 49.7 cm³/mol. The average molecular weight is 261 g/mol. The molecule has 0 aliphatic rings. The van der Waals surface area contributed by atoms with E-state index >= 15 is 0 Å². The normalized spacial score (nSPS) is 12.1. The summed E-state index contributed by atoms with van der Waals surface area (Å²) in [7, 11) is -4.74.